The van der Waals surface area contributed by atoms with Gasteiger partial charge in [0.15, 0.2) is 0 Å². The Kier molecular flexibility index (Phi) is 2.70. The van der Waals surface area contributed by atoms with Crippen LogP contribution >= 0.6 is 0 Å². The zero-order chi connectivity index (χ0) is 7.49. The van der Waals surface area contributed by atoms with E-state index in [0.29, 0.717) is 6.21 Å². The van der Waals surface area contributed by atoms with Crippen molar-refractivity contribution in [3.8, 4) is 0 Å². The van der Waals surface area contributed by atoms with Crippen LogP contribution in [0.1, 0.15) is 13.8 Å². The number of aliphatic imine (C=N–C) groups is 1. The summed E-state index contributed by atoms with van der Waals surface area (Å²) in [6.07, 6.45) is -1.96. The van der Waals surface area contributed by atoms with Crippen molar-refractivity contribution < 1.29 is 8.78 Å². The molecule has 2 nitrogen and oxygen atoms in total. The number of halogens is 2. The van der Waals surface area contributed by atoms with E-state index in [9.17, 15) is 8.78 Å². The molecule has 0 rings (SSSR count). The molecular weight excluding hydrogens is 126 g/mol. The lowest BCUT2D eigenvalue weighted by Gasteiger charge is -2.10. The van der Waals surface area contributed by atoms with Gasteiger partial charge in [0.2, 0.25) is 0 Å². The van der Waals surface area contributed by atoms with Gasteiger partial charge in [-0.15, -0.1) is 0 Å². The fourth-order valence-electron chi connectivity index (χ4n) is 0.248. The second kappa shape index (κ2) is 2.87. The summed E-state index contributed by atoms with van der Waals surface area (Å²) in [5.41, 5.74) is 4.37. The highest BCUT2D eigenvalue weighted by atomic mass is 19.3. The first-order chi connectivity index (χ1) is 3.92. The number of nitrogens with two attached hydrogens (primary N) is 1. The number of hydrogen-bond acceptors (Lipinski definition) is 2. The number of rotatable bonds is 2. The fourth-order valence-corrected chi connectivity index (χ4v) is 0.248. The van der Waals surface area contributed by atoms with Crippen molar-refractivity contribution in [2.75, 3.05) is 0 Å². The van der Waals surface area contributed by atoms with Crippen molar-refractivity contribution >= 4 is 6.21 Å². The van der Waals surface area contributed by atoms with Gasteiger partial charge in [0, 0.05) is 0 Å². The Morgan fingerprint density at radius 1 is 1.56 bits per heavy atom. The predicted octanol–water partition coefficient (Wildman–Crippen LogP) is 1.02. The highest BCUT2D eigenvalue weighted by molar-refractivity contribution is 5.61. The molecule has 0 aliphatic heterocycles. The van der Waals surface area contributed by atoms with E-state index in [4.69, 9.17) is 5.73 Å². The standard InChI is InChI=1S/C5H10F2N2/c1-5(2,8)9-3-4(6)7/h3-4H,8H2,1-2H3. The molecule has 0 bridgehead atoms. The minimum Gasteiger partial charge on any atom is -0.308 e. The predicted molar refractivity (Wildman–Crippen MR) is 32.8 cm³/mol. The highest BCUT2D eigenvalue weighted by Gasteiger charge is 2.06. The van der Waals surface area contributed by atoms with Crippen molar-refractivity contribution in [2.24, 2.45) is 10.7 Å². The Hall–Kier alpha value is -0.510. The third kappa shape index (κ3) is 7.49. The highest BCUT2D eigenvalue weighted by Crippen LogP contribution is 1.98. The van der Waals surface area contributed by atoms with Crippen molar-refractivity contribution in [3.63, 3.8) is 0 Å². The Morgan fingerprint density at radius 3 is 2.11 bits per heavy atom. The number of hydrogen-bond donors (Lipinski definition) is 1. The Labute approximate surface area is 52.8 Å². The molecule has 0 amide bonds. The van der Waals surface area contributed by atoms with E-state index in [1.165, 1.54) is 0 Å². The minimum atomic E-state index is -2.51. The first-order valence-corrected chi connectivity index (χ1v) is 2.54. The summed E-state index contributed by atoms with van der Waals surface area (Å²) in [6.45, 7) is 3.10. The summed E-state index contributed by atoms with van der Waals surface area (Å²) in [6, 6.07) is 0. The zero-order valence-corrected chi connectivity index (χ0v) is 5.44. The molecule has 4 heteroatoms. The van der Waals surface area contributed by atoms with Crippen molar-refractivity contribution in [1.82, 2.24) is 0 Å². The summed E-state index contributed by atoms with van der Waals surface area (Å²) in [5, 5.41) is 0. The lowest BCUT2D eigenvalue weighted by Crippen LogP contribution is -2.29. The third-order valence-corrected chi connectivity index (χ3v) is 0.520. The first-order valence-electron chi connectivity index (χ1n) is 2.54. The molecule has 0 fully saturated rings. The molecule has 9 heavy (non-hydrogen) atoms. The van der Waals surface area contributed by atoms with Gasteiger partial charge < -0.3 is 5.73 Å². The molecule has 0 atom stereocenters. The molecule has 0 unspecified atom stereocenters. The summed E-state index contributed by atoms with van der Waals surface area (Å²) < 4.78 is 22.7. The Balaban J connectivity index is 3.71. The van der Waals surface area contributed by atoms with Crippen LogP contribution in [-0.4, -0.2) is 18.3 Å². The van der Waals surface area contributed by atoms with Gasteiger partial charge in [-0.2, -0.15) is 0 Å². The van der Waals surface area contributed by atoms with E-state index in [1.54, 1.807) is 13.8 Å². The molecule has 0 aromatic heterocycles. The van der Waals surface area contributed by atoms with E-state index in [-0.39, 0.29) is 0 Å². The smallest absolute Gasteiger partial charge is 0.273 e. The number of alkyl halides is 2. The maximum atomic E-state index is 11.4. The monoisotopic (exact) mass is 136 g/mol. The molecule has 0 spiro atoms. The van der Waals surface area contributed by atoms with Crippen LogP contribution in [0.25, 0.3) is 0 Å². The van der Waals surface area contributed by atoms with Gasteiger partial charge in [-0.25, -0.2) is 8.78 Å². The second-order valence-corrected chi connectivity index (χ2v) is 2.27. The molecule has 0 aromatic carbocycles. The quantitative estimate of drug-likeness (QED) is 0.565. The van der Waals surface area contributed by atoms with Crippen LogP contribution < -0.4 is 5.73 Å². The molecule has 2 N–H and O–H groups in total. The van der Waals surface area contributed by atoms with Crippen molar-refractivity contribution in [1.29, 1.82) is 0 Å². The Bertz CT molecular complexity index is 104. The SMILES string of the molecule is CC(C)(N)N=CC(F)F. The van der Waals surface area contributed by atoms with E-state index in [2.05, 4.69) is 4.99 Å². The van der Waals surface area contributed by atoms with Crippen LogP contribution in [0.5, 0.6) is 0 Å². The number of nitrogens with zero attached hydrogens (tertiary/aromatic N) is 1. The molecule has 0 radical (unpaired) electrons. The van der Waals surface area contributed by atoms with Gasteiger partial charge in [-0.05, 0) is 13.8 Å². The molecular formula is C5H10F2N2. The lowest BCUT2D eigenvalue weighted by atomic mass is 10.3. The third-order valence-electron chi connectivity index (χ3n) is 0.520. The van der Waals surface area contributed by atoms with Crippen LogP contribution in [0.4, 0.5) is 8.78 Å². The molecule has 0 aliphatic carbocycles. The van der Waals surface area contributed by atoms with Gasteiger partial charge in [-0.1, -0.05) is 0 Å². The van der Waals surface area contributed by atoms with E-state index in [1.807, 2.05) is 0 Å². The van der Waals surface area contributed by atoms with Crippen molar-refractivity contribution in [3.05, 3.63) is 0 Å². The topological polar surface area (TPSA) is 38.4 Å². The Morgan fingerprint density at radius 2 is 2.00 bits per heavy atom. The van der Waals surface area contributed by atoms with Gasteiger partial charge in [0.1, 0.15) is 5.66 Å². The average Bonchev–Trinajstić information content (AvgIpc) is 1.59. The normalized spacial score (nSPS) is 13.6. The molecule has 0 aliphatic rings. The lowest BCUT2D eigenvalue weighted by molar-refractivity contribution is 0.230. The minimum absolute atomic E-state index is 0.542. The maximum Gasteiger partial charge on any atom is 0.273 e. The van der Waals surface area contributed by atoms with Crippen molar-refractivity contribution in [2.45, 2.75) is 25.9 Å². The summed E-state index contributed by atoms with van der Waals surface area (Å²) in [5.74, 6) is 0. The van der Waals surface area contributed by atoms with Crippen LogP contribution in [0, 0.1) is 0 Å². The summed E-state index contributed by atoms with van der Waals surface area (Å²) in [4.78, 5) is 3.36. The molecule has 54 valence electrons. The molecule has 0 saturated carbocycles. The van der Waals surface area contributed by atoms with E-state index in [0.717, 1.165) is 0 Å². The van der Waals surface area contributed by atoms with E-state index >= 15 is 0 Å². The van der Waals surface area contributed by atoms with E-state index < -0.39 is 12.1 Å². The maximum absolute atomic E-state index is 11.4. The second-order valence-electron chi connectivity index (χ2n) is 2.27. The molecule has 0 aromatic rings. The molecule has 0 saturated heterocycles. The first kappa shape index (κ1) is 8.49. The van der Waals surface area contributed by atoms with Gasteiger partial charge in [0.25, 0.3) is 6.43 Å². The summed E-state index contributed by atoms with van der Waals surface area (Å²) >= 11 is 0. The van der Waals surface area contributed by atoms with Gasteiger partial charge in [0.05, 0.1) is 6.21 Å². The van der Waals surface area contributed by atoms with Crippen LogP contribution in [-0.2, 0) is 0 Å². The van der Waals surface area contributed by atoms with Crippen LogP contribution in [0.3, 0.4) is 0 Å². The summed E-state index contributed by atoms with van der Waals surface area (Å²) in [7, 11) is 0. The van der Waals surface area contributed by atoms with Crippen LogP contribution in [0.2, 0.25) is 0 Å². The average molecular weight is 136 g/mol. The zero-order valence-electron chi connectivity index (χ0n) is 5.44. The molecule has 0 heterocycles. The van der Waals surface area contributed by atoms with Gasteiger partial charge >= 0.3 is 0 Å². The fraction of sp³-hybridized carbons (Fsp3) is 0.800. The van der Waals surface area contributed by atoms with Crippen LogP contribution in [0.15, 0.2) is 4.99 Å². The van der Waals surface area contributed by atoms with Gasteiger partial charge in [-0.3, -0.25) is 4.99 Å². The largest absolute Gasteiger partial charge is 0.308 e.